The lowest BCUT2D eigenvalue weighted by atomic mass is 9.91. The van der Waals surface area contributed by atoms with Gasteiger partial charge in [-0.2, -0.15) is 0 Å². The lowest BCUT2D eigenvalue weighted by molar-refractivity contribution is -0.142. The second-order valence-corrected chi connectivity index (χ2v) is 6.73. The van der Waals surface area contributed by atoms with Crippen molar-refractivity contribution in [2.45, 2.75) is 20.5 Å². The predicted octanol–water partition coefficient (Wildman–Crippen LogP) is 2.02. The molecular formula is C21H16BF3N2O5. The second kappa shape index (κ2) is 8.78. The first-order valence-electron chi connectivity index (χ1n) is 9.28. The van der Waals surface area contributed by atoms with Gasteiger partial charge in [-0.25, -0.2) is 18.0 Å². The van der Waals surface area contributed by atoms with E-state index in [2.05, 4.69) is 0 Å². The molecule has 0 aliphatic heterocycles. The van der Waals surface area contributed by atoms with E-state index in [1.54, 1.807) is 0 Å². The van der Waals surface area contributed by atoms with E-state index in [-0.39, 0.29) is 29.1 Å². The number of carbonyl (C=O) groups is 2. The molecule has 0 unspecified atom stereocenters. The van der Waals surface area contributed by atoms with Gasteiger partial charge in [-0.05, 0) is 30.6 Å². The third kappa shape index (κ3) is 4.05. The van der Waals surface area contributed by atoms with Gasteiger partial charge in [0.05, 0.1) is 23.5 Å². The minimum absolute atomic E-state index is 0.0124. The highest BCUT2D eigenvalue weighted by Gasteiger charge is 2.23. The zero-order valence-corrected chi connectivity index (χ0v) is 17.0. The van der Waals surface area contributed by atoms with E-state index < -0.39 is 57.8 Å². The number of benzene rings is 2. The van der Waals surface area contributed by atoms with Gasteiger partial charge >= 0.3 is 11.9 Å². The summed E-state index contributed by atoms with van der Waals surface area (Å²) in [6.07, 6.45) is 1.00. The van der Waals surface area contributed by atoms with Crippen molar-refractivity contribution in [1.82, 2.24) is 4.57 Å². The van der Waals surface area contributed by atoms with Gasteiger partial charge in [0.25, 0.3) is 0 Å². The molecule has 0 aliphatic carbocycles. The largest absolute Gasteiger partial charge is 0.462 e. The van der Waals surface area contributed by atoms with Crippen molar-refractivity contribution in [3.05, 3.63) is 63.2 Å². The fraction of sp³-hybridized carbons (Fsp3) is 0.190. The van der Waals surface area contributed by atoms with Crippen LogP contribution in [0.4, 0.5) is 18.9 Å². The van der Waals surface area contributed by atoms with Gasteiger partial charge in [0, 0.05) is 24.1 Å². The SMILES string of the molecule is [B]c1c(F)c(F)cc2c(=O)c(C(=O)OCC)cn(-c3cc(N)c(F)cc3COC(C)=O)c12. The third-order valence-corrected chi connectivity index (χ3v) is 4.60. The first-order valence-corrected chi connectivity index (χ1v) is 9.28. The molecule has 0 saturated carbocycles. The van der Waals surface area contributed by atoms with E-state index >= 15 is 0 Å². The summed E-state index contributed by atoms with van der Waals surface area (Å²) >= 11 is 0. The zero-order valence-electron chi connectivity index (χ0n) is 17.0. The van der Waals surface area contributed by atoms with Crippen LogP contribution in [-0.2, 0) is 20.9 Å². The highest BCUT2D eigenvalue weighted by Crippen LogP contribution is 2.26. The van der Waals surface area contributed by atoms with Gasteiger partial charge in [0.2, 0.25) is 5.43 Å². The van der Waals surface area contributed by atoms with Crippen LogP contribution in [-0.4, -0.2) is 31.0 Å². The second-order valence-electron chi connectivity index (χ2n) is 6.73. The Morgan fingerprint density at radius 1 is 1.12 bits per heavy atom. The van der Waals surface area contributed by atoms with Crippen molar-refractivity contribution in [3.63, 3.8) is 0 Å². The summed E-state index contributed by atoms with van der Waals surface area (Å²) in [7, 11) is 5.77. The normalized spacial score (nSPS) is 10.9. The van der Waals surface area contributed by atoms with Crippen LogP contribution >= 0.6 is 0 Å². The van der Waals surface area contributed by atoms with E-state index in [0.29, 0.717) is 6.07 Å². The number of hydrogen-bond donors (Lipinski definition) is 1. The van der Waals surface area contributed by atoms with Crippen molar-refractivity contribution in [2.24, 2.45) is 0 Å². The van der Waals surface area contributed by atoms with Crippen molar-refractivity contribution >= 4 is 41.8 Å². The number of pyridine rings is 1. The molecule has 2 radical (unpaired) electrons. The molecule has 2 N–H and O–H groups in total. The number of esters is 2. The average Bonchev–Trinajstić information content (AvgIpc) is 2.73. The Hall–Kier alpha value is -3.76. The summed E-state index contributed by atoms with van der Waals surface area (Å²) in [5, 5.41) is -0.423. The van der Waals surface area contributed by atoms with Crippen LogP contribution in [0.25, 0.3) is 16.6 Å². The number of fused-ring (bicyclic) bond motifs is 1. The van der Waals surface area contributed by atoms with Crippen LogP contribution in [0.15, 0.2) is 29.2 Å². The Balaban J connectivity index is 2.47. The number of anilines is 1. The van der Waals surface area contributed by atoms with Crippen LogP contribution in [0.1, 0.15) is 29.8 Å². The van der Waals surface area contributed by atoms with E-state index in [0.717, 1.165) is 29.8 Å². The quantitative estimate of drug-likeness (QED) is 0.367. The Bertz CT molecular complexity index is 1320. The third-order valence-electron chi connectivity index (χ3n) is 4.60. The maximum absolute atomic E-state index is 14.3. The molecule has 32 heavy (non-hydrogen) atoms. The van der Waals surface area contributed by atoms with E-state index in [1.807, 2.05) is 0 Å². The molecule has 1 heterocycles. The summed E-state index contributed by atoms with van der Waals surface area (Å²) in [6.45, 7) is 2.17. The van der Waals surface area contributed by atoms with Gasteiger partial charge in [0.1, 0.15) is 25.8 Å². The topological polar surface area (TPSA) is 101 Å². The zero-order chi connectivity index (χ0) is 23.7. The first kappa shape index (κ1) is 22.9. The Morgan fingerprint density at radius 2 is 1.81 bits per heavy atom. The molecule has 0 fully saturated rings. The van der Waals surface area contributed by atoms with E-state index in [4.69, 9.17) is 23.1 Å². The van der Waals surface area contributed by atoms with Crippen LogP contribution in [0.3, 0.4) is 0 Å². The average molecular weight is 444 g/mol. The van der Waals surface area contributed by atoms with E-state index in [9.17, 15) is 27.6 Å². The van der Waals surface area contributed by atoms with Crippen LogP contribution in [0.5, 0.6) is 0 Å². The Kier molecular flexibility index (Phi) is 6.28. The highest BCUT2D eigenvalue weighted by atomic mass is 19.2. The van der Waals surface area contributed by atoms with E-state index in [1.165, 1.54) is 6.92 Å². The van der Waals surface area contributed by atoms with Crippen molar-refractivity contribution in [3.8, 4) is 5.69 Å². The number of hydrogen-bond acceptors (Lipinski definition) is 6. The number of nitrogens with two attached hydrogens (primary N) is 1. The van der Waals surface area contributed by atoms with Gasteiger partial charge in [-0.15, -0.1) is 0 Å². The van der Waals surface area contributed by atoms with Crippen LogP contribution in [0, 0.1) is 17.5 Å². The molecule has 0 amide bonds. The van der Waals surface area contributed by atoms with Gasteiger partial charge < -0.3 is 19.8 Å². The molecule has 3 aromatic rings. The maximum Gasteiger partial charge on any atom is 0.343 e. The molecule has 2 aromatic carbocycles. The molecule has 7 nitrogen and oxygen atoms in total. The minimum atomic E-state index is -1.42. The first-order chi connectivity index (χ1) is 15.1. The highest BCUT2D eigenvalue weighted by molar-refractivity contribution is 6.38. The molecule has 0 spiro atoms. The predicted molar refractivity (Wildman–Crippen MR) is 111 cm³/mol. The summed E-state index contributed by atoms with van der Waals surface area (Å²) in [6, 6.07) is 2.69. The fourth-order valence-electron chi connectivity index (χ4n) is 3.15. The fourth-order valence-corrected chi connectivity index (χ4v) is 3.15. The molecule has 3 rings (SSSR count). The number of rotatable bonds is 5. The maximum atomic E-state index is 14.3. The number of ether oxygens (including phenoxy) is 2. The summed E-state index contributed by atoms with van der Waals surface area (Å²) < 4.78 is 53.4. The molecule has 11 heteroatoms. The van der Waals surface area contributed by atoms with Crippen molar-refractivity contribution in [1.29, 1.82) is 0 Å². The van der Waals surface area contributed by atoms with Crippen LogP contribution < -0.4 is 16.6 Å². The Labute approximate surface area is 180 Å². The minimum Gasteiger partial charge on any atom is -0.462 e. The lowest BCUT2D eigenvalue weighted by Gasteiger charge is -2.19. The number of carbonyl (C=O) groups excluding carboxylic acids is 2. The van der Waals surface area contributed by atoms with Crippen LogP contribution in [0.2, 0.25) is 0 Å². The molecule has 0 saturated heterocycles. The standard InChI is InChI=1S/C21H16BF3N2O5/c1-3-31-21(30)12-7-27(19-11(20(12)29)5-14(24)18(25)17(19)22)16-6-15(26)13(23)4-10(16)8-32-9(2)28/h4-7H,3,8,26H2,1-2H3. The van der Waals surface area contributed by atoms with Gasteiger partial charge in [0.15, 0.2) is 11.6 Å². The molecular weight excluding hydrogens is 428 g/mol. The molecule has 164 valence electrons. The smallest absolute Gasteiger partial charge is 0.343 e. The summed E-state index contributed by atoms with van der Waals surface area (Å²) in [4.78, 5) is 36.5. The number of halogens is 3. The number of nitrogens with zero attached hydrogens (tertiary/aromatic N) is 1. The van der Waals surface area contributed by atoms with Crippen molar-refractivity contribution in [2.75, 3.05) is 12.3 Å². The monoisotopic (exact) mass is 444 g/mol. The lowest BCUT2D eigenvalue weighted by Crippen LogP contribution is -2.26. The van der Waals surface area contributed by atoms with Gasteiger partial charge in [-0.1, -0.05) is 0 Å². The summed E-state index contributed by atoms with van der Waals surface area (Å²) in [5.74, 6) is -5.35. The van der Waals surface area contributed by atoms with Gasteiger partial charge in [-0.3, -0.25) is 9.59 Å². The van der Waals surface area contributed by atoms with Crippen molar-refractivity contribution < 1.29 is 32.2 Å². The molecule has 1 aromatic heterocycles. The summed E-state index contributed by atoms with van der Waals surface area (Å²) in [5.41, 5.74) is 2.93. The molecule has 0 atom stereocenters. The molecule has 0 bridgehead atoms. The number of nitrogen functional groups attached to an aromatic ring is 1. The number of aromatic nitrogens is 1. The Morgan fingerprint density at radius 3 is 2.44 bits per heavy atom. The molecule has 0 aliphatic rings.